The summed E-state index contributed by atoms with van der Waals surface area (Å²) in [7, 11) is 2.11. The number of hydrogen-bond donors (Lipinski definition) is 1. The molecule has 14 heavy (non-hydrogen) atoms. The van der Waals surface area contributed by atoms with Gasteiger partial charge in [0.25, 0.3) is 0 Å². The van der Waals surface area contributed by atoms with Gasteiger partial charge < -0.3 is 10.0 Å². The zero-order valence-corrected chi connectivity index (χ0v) is 9.23. The Balaban J connectivity index is 2.48. The normalized spacial score (nSPS) is 25.6. The predicted molar refractivity (Wildman–Crippen MR) is 55.3 cm³/mol. The molecule has 0 saturated carbocycles. The van der Waals surface area contributed by atoms with E-state index in [1.54, 1.807) is 0 Å². The lowest BCUT2D eigenvalue weighted by Crippen LogP contribution is -2.54. The zero-order chi connectivity index (χ0) is 10.7. The SMILES string of the molecule is CC(C)C1CN(CC(=O)O)CCN1C. The van der Waals surface area contributed by atoms with Crippen LogP contribution < -0.4 is 0 Å². The third-order valence-electron chi connectivity index (χ3n) is 2.91. The van der Waals surface area contributed by atoms with Gasteiger partial charge in [-0.15, -0.1) is 0 Å². The maximum Gasteiger partial charge on any atom is 0.317 e. The van der Waals surface area contributed by atoms with Crippen LogP contribution >= 0.6 is 0 Å². The van der Waals surface area contributed by atoms with Crippen molar-refractivity contribution >= 4 is 5.97 Å². The smallest absolute Gasteiger partial charge is 0.317 e. The van der Waals surface area contributed by atoms with Crippen molar-refractivity contribution in [2.24, 2.45) is 5.92 Å². The van der Waals surface area contributed by atoms with E-state index in [4.69, 9.17) is 5.11 Å². The molecule has 0 amide bonds. The fraction of sp³-hybridized carbons (Fsp3) is 0.900. The summed E-state index contributed by atoms with van der Waals surface area (Å²) in [5.74, 6) is -0.145. The predicted octanol–water partition coefficient (Wildman–Crippen LogP) is 0.343. The van der Waals surface area contributed by atoms with Gasteiger partial charge in [-0.3, -0.25) is 9.69 Å². The lowest BCUT2D eigenvalue weighted by atomic mass is 10.0. The molecule has 0 aromatic heterocycles. The second kappa shape index (κ2) is 4.75. The fourth-order valence-corrected chi connectivity index (χ4v) is 2.01. The summed E-state index contributed by atoms with van der Waals surface area (Å²) in [6.07, 6.45) is 0. The molecule has 0 bridgehead atoms. The van der Waals surface area contributed by atoms with Crippen molar-refractivity contribution in [2.75, 3.05) is 33.2 Å². The van der Waals surface area contributed by atoms with Crippen molar-refractivity contribution < 1.29 is 9.90 Å². The minimum atomic E-state index is -0.725. The van der Waals surface area contributed by atoms with Crippen LogP contribution in [0.3, 0.4) is 0 Å². The molecular weight excluding hydrogens is 180 g/mol. The number of rotatable bonds is 3. The van der Waals surface area contributed by atoms with Gasteiger partial charge in [-0.05, 0) is 13.0 Å². The molecule has 1 unspecified atom stereocenters. The van der Waals surface area contributed by atoms with Crippen LogP contribution in [0.5, 0.6) is 0 Å². The molecule has 0 aromatic rings. The van der Waals surface area contributed by atoms with Crippen LogP contribution in [0.2, 0.25) is 0 Å². The number of carbonyl (C=O) groups is 1. The number of nitrogens with zero attached hydrogens (tertiary/aromatic N) is 2. The number of carboxylic acids is 1. The highest BCUT2D eigenvalue weighted by molar-refractivity contribution is 5.69. The van der Waals surface area contributed by atoms with Gasteiger partial charge in [0.1, 0.15) is 0 Å². The Morgan fingerprint density at radius 1 is 1.50 bits per heavy atom. The first-order valence-electron chi connectivity index (χ1n) is 5.15. The molecule has 0 spiro atoms. The average Bonchev–Trinajstić information content (AvgIpc) is 2.07. The van der Waals surface area contributed by atoms with Gasteiger partial charge in [0.15, 0.2) is 0 Å². The Hall–Kier alpha value is -0.610. The van der Waals surface area contributed by atoms with E-state index in [0.717, 1.165) is 19.6 Å². The van der Waals surface area contributed by atoms with Crippen molar-refractivity contribution in [2.45, 2.75) is 19.9 Å². The minimum Gasteiger partial charge on any atom is -0.480 e. The molecule has 82 valence electrons. The maximum absolute atomic E-state index is 10.6. The summed E-state index contributed by atoms with van der Waals surface area (Å²) < 4.78 is 0. The van der Waals surface area contributed by atoms with E-state index >= 15 is 0 Å². The number of hydrogen-bond acceptors (Lipinski definition) is 3. The van der Waals surface area contributed by atoms with Crippen molar-refractivity contribution in [3.63, 3.8) is 0 Å². The Kier molecular flexibility index (Phi) is 3.89. The quantitative estimate of drug-likeness (QED) is 0.713. The van der Waals surface area contributed by atoms with Crippen LogP contribution in [0.15, 0.2) is 0 Å². The van der Waals surface area contributed by atoms with Crippen molar-refractivity contribution in [3.8, 4) is 0 Å². The minimum absolute atomic E-state index is 0.178. The van der Waals surface area contributed by atoms with Gasteiger partial charge in [-0.25, -0.2) is 0 Å². The van der Waals surface area contributed by atoms with Crippen molar-refractivity contribution in [3.05, 3.63) is 0 Å². The van der Waals surface area contributed by atoms with Gasteiger partial charge in [0, 0.05) is 25.7 Å². The molecule has 0 aliphatic carbocycles. The summed E-state index contributed by atoms with van der Waals surface area (Å²) in [6, 6.07) is 0.489. The molecular formula is C10H20N2O2. The van der Waals surface area contributed by atoms with E-state index in [1.165, 1.54) is 0 Å². The highest BCUT2D eigenvalue weighted by Gasteiger charge is 2.27. The molecule has 1 rings (SSSR count). The summed E-state index contributed by atoms with van der Waals surface area (Å²) in [5, 5.41) is 8.70. The monoisotopic (exact) mass is 200 g/mol. The van der Waals surface area contributed by atoms with Crippen LogP contribution in [0.1, 0.15) is 13.8 Å². The molecule has 4 nitrogen and oxygen atoms in total. The lowest BCUT2D eigenvalue weighted by Gasteiger charge is -2.40. The van der Waals surface area contributed by atoms with Gasteiger partial charge in [0.05, 0.1) is 6.54 Å². The third-order valence-corrected chi connectivity index (χ3v) is 2.91. The number of aliphatic carboxylic acids is 1. The number of carboxylic acid groups (broad SMARTS) is 1. The van der Waals surface area contributed by atoms with Crippen molar-refractivity contribution in [1.29, 1.82) is 0 Å². The van der Waals surface area contributed by atoms with Crippen LogP contribution in [-0.2, 0) is 4.79 Å². The first kappa shape index (κ1) is 11.5. The Morgan fingerprint density at radius 2 is 2.14 bits per heavy atom. The average molecular weight is 200 g/mol. The van der Waals surface area contributed by atoms with E-state index in [-0.39, 0.29) is 6.54 Å². The largest absolute Gasteiger partial charge is 0.480 e. The lowest BCUT2D eigenvalue weighted by molar-refractivity contribution is -0.139. The van der Waals surface area contributed by atoms with Gasteiger partial charge in [0.2, 0.25) is 0 Å². The Labute approximate surface area is 85.5 Å². The van der Waals surface area contributed by atoms with Crippen LogP contribution in [0.4, 0.5) is 0 Å². The molecule has 1 fully saturated rings. The van der Waals surface area contributed by atoms with E-state index < -0.39 is 5.97 Å². The highest BCUT2D eigenvalue weighted by Crippen LogP contribution is 2.14. The van der Waals surface area contributed by atoms with E-state index in [1.807, 2.05) is 4.90 Å². The molecule has 1 aliphatic heterocycles. The number of piperazine rings is 1. The fourth-order valence-electron chi connectivity index (χ4n) is 2.01. The summed E-state index contributed by atoms with van der Waals surface area (Å²) in [6.45, 7) is 7.26. The maximum atomic E-state index is 10.6. The third kappa shape index (κ3) is 2.96. The van der Waals surface area contributed by atoms with Crippen molar-refractivity contribution in [1.82, 2.24) is 9.80 Å². The van der Waals surface area contributed by atoms with Crippen LogP contribution in [0.25, 0.3) is 0 Å². The van der Waals surface area contributed by atoms with E-state index in [0.29, 0.717) is 12.0 Å². The van der Waals surface area contributed by atoms with Crippen LogP contribution in [-0.4, -0.2) is 60.1 Å². The van der Waals surface area contributed by atoms with Gasteiger partial charge in [-0.2, -0.15) is 0 Å². The second-order valence-corrected chi connectivity index (χ2v) is 4.42. The standard InChI is InChI=1S/C10H20N2O2/c1-8(2)9-6-12(7-10(13)14)5-4-11(9)3/h8-9H,4-7H2,1-3H3,(H,13,14). The molecule has 1 N–H and O–H groups in total. The van der Waals surface area contributed by atoms with E-state index in [2.05, 4.69) is 25.8 Å². The Morgan fingerprint density at radius 3 is 2.64 bits per heavy atom. The zero-order valence-electron chi connectivity index (χ0n) is 9.23. The first-order valence-corrected chi connectivity index (χ1v) is 5.15. The first-order chi connectivity index (χ1) is 6.50. The topological polar surface area (TPSA) is 43.8 Å². The Bertz CT molecular complexity index is 206. The summed E-state index contributed by atoms with van der Waals surface area (Å²) in [5.41, 5.74) is 0. The molecule has 1 heterocycles. The summed E-state index contributed by atoms with van der Waals surface area (Å²) >= 11 is 0. The molecule has 1 atom stereocenters. The van der Waals surface area contributed by atoms with Gasteiger partial charge >= 0.3 is 5.97 Å². The molecule has 0 aromatic carbocycles. The number of likely N-dealkylation sites (N-methyl/N-ethyl adjacent to an activating group) is 1. The molecule has 0 radical (unpaired) electrons. The summed E-state index contributed by atoms with van der Waals surface area (Å²) in [4.78, 5) is 14.9. The molecule has 1 saturated heterocycles. The van der Waals surface area contributed by atoms with E-state index in [9.17, 15) is 4.79 Å². The molecule has 1 aliphatic rings. The highest BCUT2D eigenvalue weighted by atomic mass is 16.4. The molecule has 4 heteroatoms. The van der Waals surface area contributed by atoms with Crippen LogP contribution in [0, 0.1) is 5.92 Å². The van der Waals surface area contributed by atoms with Gasteiger partial charge in [-0.1, -0.05) is 13.8 Å². The second-order valence-electron chi connectivity index (χ2n) is 4.42.